The second kappa shape index (κ2) is 10.1. The van der Waals surface area contributed by atoms with Crippen LogP contribution in [0.4, 0.5) is 0 Å². The van der Waals surface area contributed by atoms with Gasteiger partial charge in [0, 0.05) is 44.8 Å². The van der Waals surface area contributed by atoms with Gasteiger partial charge in [0.25, 0.3) is 5.91 Å². The van der Waals surface area contributed by atoms with E-state index in [2.05, 4.69) is 16.3 Å². The zero-order chi connectivity index (χ0) is 20.6. The summed E-state index contributed by atoms with van der Waals surface area (Å²) in [5.41, 5.74) is 2.87. The minimum Gasteiger partial charge on any atom is -0.497 e. The molecule has 2 amide bonds. The maximum atomic E-state index is 12.5. The third kappa shape index (κ3) is 6.06. The molecule has 6 nitrogen and oxygen atoms in total. The number of ether oxygens (including phenoxy) is 1. The van der Waals surface area contributed by atoms with Crippen LogP contribution >= 0.6 is 0 Å². The maximum Gasteiger partial charge on any atom is 0.251 e. The smallest absolute Gasteiger partial charge is 0.251 e. The molecule has 1 aliphatic heterocycles. The molecule has 3 rings (SSSR count). The average molecular weight is 396 g/mol. The standard InChI is InChI=1S/C23H29N3O3/c1-18-4-3-5-19(16-18)17-22(27)26-14-12-25(13-15-26)11-10-24-23(28)20-6-8-21(29-2)9-7-20/h3-9,16H,10-15,17H2,1-2H3,(H,24,28). The molecule has 1 N–H and O–H groups in total. The van der Waals surface area contributed by atoms with Gasteiger partial charge in [-0.15, -0.1) is 0 Å². The third-order valence-electron chi connectivity index (χ3n) is 5.23. The van der Waals surface area contributed by atoms with Gasteiger partial charge in [-0.3, -0.25) is 14.5 Å². The average Bonchev–Trinajstić information content (AvgIpc) is 2.74. The molecule has 2 aromatic rings. The Morgan fingerprint density at radius 3 is 2.41 bits per heavy atom. The second-order valence-electron chi connectivity index (χ2n) is 7.37. The Kier molecular flexibility index (Phi) is 7.25. The van der Waals surface area contributed by atoms with Crippen LogP contribution in [0.5, 0.6) is 5.75 Å². The SMILES string of the molecule is COc1ccc(C(=O)NCCN2CCN(C(=O)Cc3cccc(C)c3)CC2)cc1. The number of carbonyl (C=O) groups is 2. The number of methoxy groups -OCH3 is 1. The van der Waals surface area contributed by atoms with Crippen LogP contribution in [0.2, 0.25) is 0 Å². The number of aryl methyl sites for hydroxylation is 1. The lowest BCUT2D eigenvalue weighted by molar-refractivity contribution is -0.132. The van der Waals surface area contributed by atoms with Crippen molar-refractivity contribution in [3.63, 3.8) is 0 Å². The lowest BCUT2D eigenvalue weighted by atomic mass is 10.1. The van der Waals surface area contributed by atoms with E-state index in [9.17, 15) is 9.59 Å². The van der Waals surface area contributed by atoms with Crippen LogP contribution < -0.4 is 10.1 Å². The van der Waals surface area contributed by atoms with Crippen molar-refractivity contribution < 1.29 is 14.3 Å². The number of amides is 2. The van der Waals surface area contributed by atoms with Crippen LogP contribution in [-0.4, -0.2) is 68.0 Å². The lowest BCUT2D eigenvalue weighted by Crippen LogP contribution is -2.50. The van der Waals surface area contributed by atoms with E-state index in [0.717, 1.165) is 44.0 Å². The van der Waals surface area contributed by atoms with Crippen molar-refractivity contribution in [2.75, 3.05) is 46.4 Å². The van der Waals surface area contributed by atoms with Crippen LogP contribution in [0, 0.1) is 6.92 Å². The van der Waals surface area contributed by atoms with Crippen LogP contribution in [0.1, 0.15) is 21.5 Å². The van der Waals surface area contributed by atoms with Gasteiger partial charge in [-0.25, -0.2) is 0 Å². The number of hydrogen-bond donors (Lipinski definition) is 1. The predicted octanol–water partition coefficient (Wildman–Crippen LogP) is 2.12. The van der Waals surface area contributed by atoms with Crippen LogP contribution in [0.3, 0.4) is 0 Å². The van der Waals surface area contributed by atoms with Gasteiger partial charge in [-0.05, 0) is 36.8 Å². The van der Waals surface area contributed by atoms with E-state index in [-0.39, 0.29) is 11.8 Å². The predicted molar refractivity (Wildman–Crippen MR) is 113 cm³/mol. The molecule has 1 heterocycles. The molecule has 29 heavy (non-hydrogen) atoms. The fraction of sp³-hybridized carbons (Fsp3) is 0.391. The summed E-state index contributed by atoms with van der Waals surface area (Å²) in [6.07, 6.45) is 0.458. The fourth-order valence-electron chi connectivity index (χ4n) is 3.50. The maximum absolute atomic E-state index is 12.5. The molecule has 1 aliphatic rings. The molecule has 6 heteroatoms. The molecule has 154 valence electrons. The van der Waals surface area contributed by atoms with E-state index in [1.54, 1.807) is 31.4 Å². The van der Waals surface area contributed by atoms with Crippen LogP contribution in [0.15, 0.2) is 48.5 Å². The zero-order valence-corrected chi connectivity index (χ0v) is 17.2. The van der Waals surface area contributed by atoms with Crippen molar-refractivity contribution >= 4 is 11.8 Å². The summed E-state index contributed by atoms with van der Waals surface area (Å²) in [4.78, 5) is 29.0. The van der Waals surface area contributed by atoms with Gasteiger partial charge in [-0.2, -0.15) is 0 Å². The summed E-state index contributed by atoms with van der Waals surface area (Å²) in [6, 6.07) is 15.2. The summed E-state index contributed by atoms with van der Waals surface area (Å²) < 4.78 is 5.11. The van der Waals surface area contributed by atoms with Crippen LogP contribution in [-0.2, 0) is 11.2 Å². The molecule has 0 spiro atoms. The second-order valence-corrected chi connectivity index (χ2v) is 7.37. The van der Waals surface area contributed by atoms with Gasteiger partial charge in [-0.1, -0.05) is 29.8 Å². The van der Waals surface area contributed by atoms with E-state index < -0.39 is 0 Å². The quantitative estimate of drug-likeness (QED) is 0.780. The molecule has 0 aliphatic carbocycles. The molecule has 0 radical (unpaired) electrons. The first-order chi connectivity index (χ1) is 14.0. The van der Waals surface area contributed by atoms with Gasteiger partial charge in [0.15, 0.2) is 0 Å². The molecule has 0 bridgehead atoms. The molecule has 0 saturated carbocycles. The van der Waals surface area contributed by atoms with Crippen molar-refractivity contribution in [3.8, 4) is 5.75 Å². The van der Waals surface area contributed by atoms with Crippen molar-refractivity contribution in [2.24, 2.45) is 0 Å². The van der Waals surface area contributed by atoms with Gasteiger partial charge in [0.2, 0.25) is 5.91 Å². The normalized spacial score (nSPS) is 14.5. The van der Waals surface area contributed by atoms with E-state index in [0.29, 0.717) is 18.5 Å². The minimum atomic E-state index is -0.0837. The Labute approximate surface area is 172 Å². The monoisotopic (exact) mass is 395 g/mol. The van der Waals surface area contributed by atoms with Crippen molar-refractivity contribution in [1.29, 1.82) is 0 Å². The summed E-state index contributed by atoms with van der Waals surface area (Å²) in [6.45, 7) is 6.54. The molecule has 0 unspecified atom stereocenters. The van der Waals surface area contributed by atoms with E-state index in [4.69, 9.17) is 4.74 Å². The summed E-state index contributed by atoms with van der Waals surface area (Å²) in [7, 11) is 1.60. The Morgan fingerprint density at radius 1 is 1.03 bits per heavy atom. The van der Waals surface area contributed by atoms with Gasteiger partial charge in [0.1, 0.15) is 5.75 Å². The molecular weight excluding hydrogens is 366 g/mol. The Balaban J connectivity index is 1.37. The van der Waals surface area contributed by atoms with Crippen molar-refractivity contribution in [2.45, 2.75) is 13.3 Å². The number of hydrogen-bond acceptors (Lipinski definition) is 4. The lowest BCUT2D eigenvalue weighted by Gasteiger charge is -2.34. The minimum absolute atomic E-state index is 0.0837. The number of nitrogens with one attached hydrogen (secondary N) is 1. The largest absolute Gasteiger partial charge is 0.497 e. The molecule has 1 saturated heterocycles. The zero-order valence-electron chi connectivity index (χ0n) is 17.2. The van der Waals surface area contributed by atoms with E-state index in [1.165, 1.54) is 5.56 Å². The van der Waals surface area contributed by atoms with Gasteiger partial charge < -0.3 is 15.0 Å². The third-order valence-corrected chi connectivity index (χ3v) is 5.23. The number of carbonyl (C=O) groups excluding carboxylic acids is 2. The number of rotatable bonds is 7. The van der Waals surface area contributed by atoms with Crippen LogP contribution in [0.25, 0.3) is 0 Å². The molecule has 0 aromatic heterocycles. The first-order valence-corrected chi connectivity index (χ1v) is 10.0. The number of piperazine rings is 1. The van der Waals surface area contributed by atoms with E-state index in [1.807, 2.05) is 30.0 Å². The highest BCUT2D eigenvalue weighted by Gasteiger charge is 2.21. The molecule has 1 fully saturated rings. The summed E-state index contributed by atoms with van der Waals surface area (Å²) in [5, 5.41) is 2.95. The molecule has 0 atom stereocenters. The molecular formula is C23H29N3O3. The van der Waals surface area contributed by atoms with Crippen molar-refractivity contribution in [1.82, 2.24) is 15.1 Å². The van der Waals surface area contributed by atoms with Crippen molar-refractivity contribution in [3.05, 3.63) is 65.2 Å². The topological polar surface area (TPSA) is 61.9 Å². The van der Waals surface area contributed by atoms with Gasteiger partial charge >= 0.3 is 0 Å². The first kappa shape index (κ1) is 20.9. The Morgan fingerprint density at radius 2 is 1.76 bits per heavy atom. The highest BCUT2D eigenvalue weighted by Crippen LogP contribution is 2.11. The number of benzene rings is 2. The van der Waals surface area contributed by atoms with Gasteiger partial charge in [0.05, 0.1) is 13.5 Å². The molecule has 2 aromatic carbocycles. The Hall–Kier alpha value is -2.86. The highest BCUT2D eigenvalue weighted by molar-refractivity contribution is 5.94. The summed E-state index contributed by atoms with van der Waals surface area (Å²) >= 11 is 0. The first-order valence-electron chi connectivity index (χ1n) is 10.0. The highest BCUT2D eigenvalue weighted by atomic mass is 16.5. The number of nitrogens with zero attached hydrogens (tertiary/aromatic N) is 2. The fourth-order valence-corrected chi connectivity index (χ4v) is 3.50. The summed E-state index contributed by atoms with van der Waals surface area (Å²) in [5.74, 6) is 0.832. The Bertz CT molecular complexity index is 828. The van der Waals surface area contributed by atoms with E-state index >= 15 is 0 Å².